The molecule has 0 unspecified atom stereocenters. The molecule has 0 aliphatic carbocycles. The van der Waals surface area contributed by atoms with Crippen LogP contribution in [0.2, 0.25) is 0 Å². The van der Waals surface area contributed by atoms with Crippen molar-refractivity contribution in [3.63, 3.8) is 0 Å². The molecule has 7 nitrogen and oxygen atoms in total. The first kappa shape index (κ1) is 25.3. The van der Waals surface area contributed by atoms with E-state index in [1.54, 1.807) is 48.5 Å². The number of rotatable bonds is 8. The van der Waals surface area contributed by atoms with Gasteiger partial charge in [0.2, 0.25) is 15.9 Å². The minimum absolute atomic E-state index is 0.0461. The van der Waals surface area contributed by atoms with E-state index in [9.17, 15) is 18.3 Å². The van der Waals surface area contributed by atoms with Gasteiger partial charge in [0.25, 0.3) is 0 Å². The van der Waals surface area contributed by atoms with Crippen LogP contribution in [0.5, 0.6) is 5.75 Å². The Morgan fingerprint density at radius 3 is 2.48 bits per heavy atom. The molecule has 10 heteroatoms. The number of nitrogens with one attached hydrogen (secondary N) is 2. The summed E-state index contributed by atoms with van der Waals surface area (Å²) in [7, 11) is -3.86. The maximum atomic E-state index is 12.9. The van der Waals surface area contributed by atoms with Crippen LogP contribution in [0, 0.1) is 10.5 Å². The molecule has 33 heavy (non-hydrogen) atoms. The number of sulfonamides is 1. The second-order valence-corrected chi connectivity index (χ2v) is 11.0. The number of aryl methyl sites for hydroxylation is 1. The number of amides is 1. The van der Waals surface area contributed by atoms with Crippen molar-refractivity contribution in [1.82, 2.24) is 10.1 Å². The molecule has 172 valence electrons. The molecule has 0 fully saturated rings. The third kappa shape index (κ3) is 7.10. The highest BCUT2D eigenvalue weighted by Crippen LogP contribution is 2.27. The van der Waals surface area contributed by atoms with Gasteiger partial charge in [0, 0.05) is 16.5 Å². The highest BCUT2D eigenvalue weighted by molar-refractivity contribution is 14.1. The number of carbonyl (C=O) groups is 1. The zero-order valence-electron chi connectivity index (χ0n) is 17.5. The minimum Gasteiger partial charge on any atom is -0.506 e. The van der Waals surface area contributed by atoms with Crippen molar-refractivity contribution >= 4 is 60.7 Å². The lowest BCUT2D eigenvalue weighted by atomic mass is 10.0. The molecule has 0 spiro atoms. The van der Waals surface area contributed by atoms with Crippen molar-refractivity contribution < 1.29 is 18.3 Å². The minimum atomic E-state index is -3.86. The summed E-state index contributed by atoms with van der Waals surface area (Å²) in [6, 6.07) is 17.9. The highest BCUT2D eigenvalue weighted by atomic mass is 127. The van der Waals surface area contributed by atoms with E-state index in [4.69, 9.17) is 0 Å². The van der Waals surface area contributed by atoms with Crippen LogP contribution < -0.4 is 10.1 Å². The quantitative estimate of drug-likeness (QED) is 0.189. The Morgan fingerprint density at radius 1 is 1.15 bits per heavy atom. The van der Waals surface area contributed by atoms with Gasteiger partial charge in [-0.1, -0.05) is 64.0 Å². The van der Waals surface area contributed by atoms with Crippen LogP contribution in [0.15, 0.2) is 81.2 Å². The smallest absolute Gasteiger partial charge is 0.242 e. The zero-order chi connectivity index (χ0) is 24.0. The average molecular weight is 642 g/mol. The maximum Gasteiger partial charge on any atom is 0.242 e. The van der Waals surface area contributed by atoms with Gasteiger partial charge in [-0.2, -0.15) is 5.10 Å². The van der Waals surface area contributed by atoms with E-state index in [-0.39, 0.29) is 17.1 Å². The molecule has 3 aromatic carbocycles. The van der Waals surface area contributed by atoms with Crippen LogP contribution in [0.3, 0.4) is 0 Å². The van der Waals surface area contributed by atoms with Gasteiger partial charge >= 0.3 is 0 Å². The number of halogens is 2. The van der Waals surface area contributed by atoms with Crippen molar-refractivity contribution in [3.05, 3.63) is 91.5 Å². The van der Waals surface area contributed by atoms with Crippen LogP contribution in [0.25, 0.3) is 0 Å². The Balaban J connectivity index is 1.76. The molecule has 3 N–H and O–H groups in total. The summed E-state index contributed by atoms with van der Waals surface area (Å²) in [5.41, 5.74) is 4.41. The number of phenolic OH excluding ortho intramolecular Hbond substituents is 1. The fourth-order valence-corrected chi connectivity index (χ4v) is 5.75. The van der Waals surface area contributed by atoms with Crippen molar-refractivity contribution in [2.24, 2.45) is 5.10 Å². The molecule has 0 aliphatic rings. The Bertz CT molecular complexity index is 1270. The number of hydrogen-bond donors (Lipinski definition) is 3. The molecule has 1 amide bonds. The second-order valence-electron chi connectivity index (χ2n) is 7.22. The summed E-state index contributed by atoms with van der Waals surface area (Å²) in [5, 5.41) is 14.0. The number of hydrogen-bond acceptors (Lipinski definition) is 5. The van der Waals surface area contributed by atoms with E-state index in [1.165, 1.54) is 18.3 Å². The highest BCUT2D eigenvalue weighted by Gasteiger charge is 2.23. The van der Waals surface area contributed by atoms with Crippen LogP contribution in [0.4, 0.5) is 0 Å². The molecule has 3 aromatic rings. The van der Waals surface area contributed by atoms with E-state index in [0.29, 0.717) is 14.7 Å². The molecule has 0 heterocycles. The molecular formula is C23H21BrIN3O4S. The van der Waals surface area contributed by atoms with Crippen LogP contribution in [-0.4, -0.2) is 25.6 Å². The predicted octanol–water partition coefficient (Wildman–Crippen LogP) is 4.63. The number of aromatic hydroxyl groups is 1. The molecule has 0 bridgehead atoms. The van der Waals surface area contributed by atoms with Gasteiger partial charge < -0.3 is 5.11 Å². The molecule has 0 aliphatic heterocycles. The van der Waals surface area contributed by atoms with E-state index in [1.807, 2.05) is 35.6 Å². The van der Waals surface area contributed by atoms with Gasteiger partial charge in [0.1, 0.15) is 5.75 Å². The molecule has 0 saturated carbocycles. The summed E-state index contributed by atoms with van der Waals surface area (Å²) in [5.74, 6) is -0.444. The predicted molar refractivity (Wildman–Crippen MR) is 140 cm³/mol. The van der Waals surface area contributed by atoms with Gasteiger partial charge in [0.05, 0.1) is 20.7 Å². The van der Waals surface area contributed by atoms with Crippen LogP contribution in [0.1, 0.15) is 29.2 Å². The summed E-state index contributed by atoms with van der Waals surface area (Å²) in [6.07, 6.45) is 1.16. The fraction of sp³-hybridized carbons (Fsp3) is 0.130. The van der Waals surface area contributed by atoms with E-state index in [2.05, 4.69) is 31.2 Å². The summed E-state index contributed by atoms with van der Waals surface area (Å²) >= 11 is 5.34. The van der Waals surface area contributed by atoms with Crippen molar-refractivity contribution in [2.75, 3.05) is 0 Å². The Labute approximate surface area is 214 Å². The molecule has 0 aromatic heterocycles. The summed E-state index contributed by atoms with van der Waals surface area (Å²) in [6.45, 7) is 1.87. The molecular weight excluding hydrogens is 621 g/mol. The van der Waals surface area contributed by atoms with Crippen molar-refractivity contribution in [2.45, 2.75) is 24.3 Å². The van der Waals surface area contributed by atoms with Gasteiger partial charge in [-0.15, -0.1) is 0 Å². The second kappa shape index (κ2) is 11.2. The SMILES string of the molecule is Cc1ccc(S(=O)(=O)N[C@H](CC(=O)N/N=C\c2cc(Br)cc(I)c2O)c2ccccc2)cc1. The van der Waals surface area contributed by atoms with E-state index >= 15 is 0 Å². The lowest BCUT2D eigenvalue weighted by Gasteiger charge is -2.18. The number of hydrazone groups is 1. The van der Waals surface area contributed by atoms with Gasteiger partial charge in [-0.3, -0.25) is 4.79 Å². The summed E-state index contributed by atoms with van der Waals surface area (Å²) in [4.78, 5) is 12.7. The van der Waals surface area contributed by atoms with Gasteiger partial charge in [-0.25, -0.2) is 18.6 Å². The zero-order valence-corrected chi connectivity index (χ0v) is 22.1. The number of nitrogens with zero attached hydrogens (tertiary/aromatic N) is 1. The largest absolute Gasteiger partial charge is 0.506 e. The fourth-order valence-electron chi connectivity index (χ4n) is 2.97. The lowest BCUT2D eigenvalue weighted by molar-refractivity contribution is -0.121. The third-order valence-electron chi connectivity index (χ3n) is 4.67. The molecule has 1 atom stereocenters. The Hall–Kier alpha value is -2.28. The number of benzene rings is 3. The first-order valence-electron chi connectivity index (χ1n) is 9.79. The normalized spacial score (nSPS) is 12.6. The van der Waals surface area contributed by atoms with E-state index in [0.717, 1.165) is 10.0 Å². The van der Waals surface area contributed by atoms with Crippen LogP contribution >= 0.6 is 38.5 Å². The molecule has 0 radical (unpaired) electrons. The topological polar surface area (TPSA) is 108 Å². The standard InChI is InChI=1S/C23H21BrIN3O4S/c1-15-7-9-19(10-8-15)33(31,32)28-21(16-5-3-2-4-6-16)13-22(29)27-26-14-17-11-18(24)12-20(25)23(17)30/h2-12,14,21,28,30H,13H2,1H3,(H,27,29)/b26-14-/t21-/m1/s1. The maximum absolute atomic E-state index is 12.9. The summed E-state index contributed by atoms with van der Waals surface area (Å²) < 4.78 is 29.8. The number of carbonyl (C=O) groups excluding carboxylic acids is 1. The first-order chi connectivity index (χ1) is 15.7. The monoisotopic (exact) mass is 641 g/mol. The molecule has 3 rings (SSSR count). The van der Waals surface area contributed by atoms with Gasteiger partial charge in [-0.05, 0) is 59.3 Å². The first-order valence-corrected chi connectivity index (χ1v) is 13.1. The third-order valence-corrected chi connectivity index (χ3v) is 7.44. The van der Waals surface area contributed by atoms with Crippen molar-refractivity contribution in [3.8, 4) is 5.75 Å². The van der Waals surface area contributed by atoms with Crippen molar-refractivity contribution in [1.29, 1.82) is 0 Å². The van der Waals surface area contributed by atoms with Crippen LogP contribution in [-0.2, 0) is 14.8 Å². The average Bonchev–Trinajstić information content (AvgIpc) is 2.77. The van der Waals surface area contributed by atoms with Gasteiger partial charge in [0.15, 0.2) is 0 Å². The van der Waals surface area contributed by atoms with E-state index < -0.39 is 22.0 Å². The number of phenols is 1. The Morgan fingerprint density at radius 2 is 1.82 bits per heavy atom. The molecule has 0 saturated heterocycles. The lowest BCUT2D eigenvalue weighted by Crippen LogP contribution is -2.32. The Kier molecular flexibility index (Phi) is 8.63.